The van der Waals surface area contributed by atoms with Crippen molar-refractivity contribution in [2.24, 2.45) is 0 Å². The molecular formula is C18H18ClN3O2. The van der Waals surface area contributed by atoms with E-state index in [0.717, 1.165) is 25.9 Å². The highest BCUT2D eigenvalue weighted by Crippen LogP contribution is 2.18. The first-order chi connectivity index (χ1) is 11.6. The molecule has 1 heterocycles. The summed E-state index contributed by atoms with van der Waals surface area (Å²) in [6.45, 7) is 1.58. The number of urea groups is 1. The molecule has 124 valence electrons. The van der Waals surface area contributed by atoms with Gasteiger partial charge in [-0.15, -0.1) is 0 Å². The largest absolute Gasteiger partial charge is 0.325 e. The number of carbonyl (C=O) groups is 2. The fourth-order valence-electron chi connectivity index (χ4n) is 2.63. The number of rotatable bonds is 3. The van der Waals surface area contributed by atoms with Crippen LogP contribution in [0.5, 0.6) is 0 Å². The van der Waals surface area contributed by atoms with Gasteiger partial charge >= 0.3 is 6.03 Å². The van der Waals surface area contributed by atoms with Crippen molar-refractivity contribution in [2.45, 2.75) is 12.8 Å². The quantitative estimate of drug-likeness (QED) is 0.876. The lowest BCUT2D eigenvalue weighted by molar-refractivity contribution is 0.102. The van der Waals surface area contributed by atoms with Crippen LogP contribution in [0.25, 0.3) is 0 Å². The number of hydrogen-bond donors (Lipinski definition) is 2. The number of likely N-dealkylation sites (tertiary alicyclic amines) is 1. The minimum absolute atomic E-state index is 0.106. The molecule has 3 rings (SSSR count). The fraction of sp³-hybridized carbons (Fsp3) is 0.222. The van der Waals surface area contributed by atoms with Gasteiger partial charge in [0, 0.05) is 35.1 Å². The number of anilines is 2. The van der Waals surface area contributed by atoms with E-state index < -0.39 is 0 Å². The smallest absolute Gasteiger partial charge is 0.321 e. The number of carbonyl (C=O) groups excluding carboxylic acids is 2. The van der Waals surface area contributed by atoms with Crippen LogP contribution in [0, 0.1) is 0 Å². The van der Waals surface area contributed by atoms with Crippen molar-refractivity contribution in [1.82, 2.24) is 4.90 Å². The maximum absolute atomic E-state index is 12.2. The molecule has 6 heteroatoms. The van der Waals surface area contributed by atoms with Gasteiger partial charge in [-0.25, -0.2) is 4.79 Å². The van der Waals surface area contributed by atoms with E-state index >= 15 is 0 Å². The third-order valence-electron chi connectivity index (χ3n) is 3.85. The molecule has 0 unspecified atom stereocenters. The molecule has 5 nitrogen and oxygen atoms in total. The van der Waals surface area contributed by atoms with Gasteiger partial charge in [0.05, 0.1) is 0 Å². The van der Waals surface area contributed by atoms with E-state index in [-0.39, 0.29) is 11.9 Å². The van der Waals surface area contributed by atoms with Crippen LogP contribution < -0.4 is 10.6 Å². The molecule has 0 radical (unpaired) electrons. The fourth-order valence-corrected chi connectivity index (χ4v) is 2.82. The van der Waals surface area contributed by atoms with Crippen LogP contribution in [0.4, 0.5) is 16.2 Å². The average Bonchev–Trinajstić information content (AvgIpc) is 3.10. The van der Waals surface area contributed by atoms with E-state index in [1.807, 2.05) is 0 Å². The van der Waals surface area contributed by atoms with Crippen molar-refractivity contribution in [2.75, 3.05) is 23.7 Å². The number of halogens is 1. The second-order valence-electron chi connectivity index (χ2n) is 5.67. The molecule has 2 aromatic carbocycles. The molecule has 2 aromatic rings. The standard InChI is InChI=1S/C18H18ClN3O2/c19-14-6-3-5-13(11-14)17(23)20-15-7-4-8-16(12-15)21-18(24)22-9-1-2-10-22/h3-8,11-12H,1-2,9-10H2,(H,20,23)(H,21,24). The maximum Gasteiger partial charge on any atom is 0.321 e. The van der Waals surface area contributed by atoms with E-state index in [4.69, 9.17) is 11.6 Å². The Morgan fingerprint density at radius 1 is 0.917 bits per heavy atom. The Balaban J connectivity index is 1.66. The van der Waals surface area contributed by atoms with Gasteiger partial charge in [-0.3, -0.25) is 4.79 Å². The zero-order valence-corrected chi connectivity index (χ0v) is 13.8. The molecule has 1 fully saturated rings. The lowest BCUT2D eigenvalue weighted by Gasteiger charge is -2.16. The number of nitrogens with zero attached hydrogens (tertiary/aromatic N) is 1. The first-order valence-electron chi connectivity index (χ1n) is 7.85. The Morgan fingerprint density at radius 3 is 2.29 bits per heavy atom. The zero-order valence-electron chi connectivity index (χ0n) is 13.1. The van der Waals surface area contributed by atoms with Crippen LogP contribution >= 0.6 is 11.6 Å². The van der Waals surface area contributed by atoms with Gasteiger partial charge in [-0.05, 0) is 49.2 Å². The molecule has 24 heavy (non-hydrogen) atoms. The van der Waals surface area contributed by atoms with Gasteiger partial charge in [0.25, 0.3) is 5.91 Å². The molecule has 3 amide bonds. The van der Waals surface area contributed by atoms with Crippen LogP contribution in [0.2, 0.25) is 5.02 Å². The third-order valence-corrected chi connectivity index (χ3v) is 4.09. The number of nitrogens with one attached hydrogen (secondary N) is 2. The minimum Gasteiger partial charge on any atom is -0.325 e. The lowest BCUT2D eigenvalue weighted by Crippen LogP contribution is -2.32. The summed E-state index contributed by atoms with van der Waals surface area (Å²) in [5.41, 5.74) is 1.74. The molecule has 0 aliphatic carbocycles. The maximum atomic E-state index is 12.2. The van der Waals surface area contributed by atoms with Crippen molar-refractivity contribution < 1.29 is 9.59 Å². The molecule has 0 saturated carbocycles. The van der Waals surface area contributed by atoms with E-state index in [0.29, 0.717) is 22.0 Å². The predicted molar refractivity (Wildman–Crippen MR) is 95.7 cm³/mol. The predicted octanol–water partition coefficient (Wildman–Crippen LogP) is 4.22. The van der Waals surface area contributed by atoms with Gasteiger partial charge in [-0.2, -0.15) is 0 Å². The molecular weight excluding hydrogens is 326 g/mol. The van der Waals surface area contributed by atoms with Crippen molar-refractivity contribution in [3.8, 4) is 0 Å². The number of hydrogen-bond acceptors (Lipinski definition) is 2. The van der Waals surface area contributed by atoms with Gasteiger partial charge in [-0.1, -0.05) is 23.7 Å². The Bertz CT molecular complexity index is 757. The Kier molecular flexibility index (Phi) is 5.01. The van der Waals surface area contributed by atoms with Crippen molar-refractivity contribution in [3.05, 3.63) is 59.1 Å². The topological polar surface area (TPSA) is 61.4 Å². The summed E-state index contributed by atoms with van der Waals surface area (Å²) in [6.07, 6.45) is 2.09. The van der Waals surface area contributed by atoms with E-state index in [1.165, 1.54) is 0 Å². The molecule has 0 aromatic heterocycles. The third kappa shape index (κ3) is 4.06. The van der Waals surface area contributed by atoms with Gasteiger partial charge in [0.1, 0.15) is 0 Å². The Labute approximate surface area is 145 Å². The van der Waals surface area contributed by atoms with Gasteiger partial charge < -0.3 is 15.5 Å². The van der Waals surface area contributed by atoms with Crippen LogP contribution in [-0.2, 0) is 0 Å². The van der Waals surface area contributed by atoms with E-state index in [1.54, 1.807) is 53.4 Å². The number of amides is 3. The van der Waals surface area contributed by atoms with E-state index in [2.05, 4.69) is 10.6 Å². The minimum atomic E-state index is -0.250. The first-order valence-corrected chi connectivity index (χ1v) is 8.22. The zero-order chi connectivity index (χ0) is 16.9. The van der Waals surface area contributed by atoms with Crippen molar-refractivity contribution >= 4 is 34.9 Å². The summed E-state index contributed by atoms with van der Waals surface area (Å²) >= 11 is 5.90. The molecule has 1 saturated heterocycles. The van der Waals surface area contributed by atoms with Crippen LogP contribution in [0.15, 0.2) is 48.5 Å². The Hall–Kier alpha value is -2.53. The molecule has 2 N–H and O–H groups in total. The van der Waals surface area contributed by atoms with Crippen molar-refractivity contribution in [1.29, 1.82) is 0 Å². The molecule has 0 atom stereocenters. The van der Waals surface area contributed by atoms with Gasteiger partial charge in [0.15, 0.2) is 0 Å². The highest BCUT2D eigenvalue weighted by atomic mass is 35.5. The van der Waals surface area contributed by atoms with E-state index in [9.17, 15) is 9.59 Å². The summed E-state index contributed by atoms with van der Waals surface area (Å²) in [7, 11) is 0. The SMILES string of the molecule is O=C(Nc1cccc(NC(=O)N2CCCC2)c1)c1cccc(Cl)c1. The summed E-state index contributed by atoms with van der Waals surface area (Å²) in [5.74, 6) is -0.250. The highest BCUT2D eigenvalue weighted by Gasteiger charge is 2.17. The Morgan fingerprint density at radius 2 is 1.58 bits per heavy atom. The summed E-state index contributed by atoms with van der Waals surface area (Å²) in [4.78, 5) is 26.2. The molecule has 1 aliphatic heterocycles. The molecule has 0 spiro atoms. The summed E-state index contributed by atoms with van der Waals surface area (Å²) in [6, 6.07) is 13.7. The second-order valence-corrected chi connectivity index (χ2v) is 6.11. The average molecular weight is 344 g/mol. The normalized spacial score (nSPS) is 13.6. The van der Waals surface area contributed by atoms with Crippen LogP contribution in [0.1, 0.15) is 23.2 Å². The lowest BCUT2D eigenvalue weighted by atomic mass is 10.2. The first kappa shape index (κ1) is 16.3. The van der Waals surface area contributed by atoms with Gasteiger partial charge in [0.2, 0.25) is 0 Å². The highest BCUT2D eigenvalue weighted by molar-refractivity contribution is 6.31. The second kappa shape index (κ2) is 7.36. The van der Waals surface area contributed by atoms with Crippen LogP contribution in [0.3, 0.4) is 0 Å². The van der Waals surface area contributed by atoms with Crippen LogP contribution in [-0.4, -0.2) is 29.9 Å². The summed E-state index contributed by atoms with van der Waals surface area (Å²) < 4.78 is 0. The molecule has 1 aliphatic rings. The van der Waals surface area contributed by atoms with Crippen molar-refractivity contribution in [3.63, 3.8) is 0 Å². The molecule has 0 bridgehead atoms. The number of benzene rings is 2. The monoisotopic (exact) mass is 343 g/mol. The summed E-state index contributed by atoms with van der Waals surface area (Å²) in [5, 5.41) is 6.18.